The predicted molar refractivity (Wildman–Crippen MR) is 104 cm³/mol. The Morgan fingerprint density at radius 3 is 2.89 bits per heavy atom. The summed E-state index contributed by atoms with van der Waals surface area (Å²) in [5.41, 5.74) is 1.88. The largest absolute Gasteiger partial charge is 0.497 e. The first-order valence-corrected chi connectivity index (χ1v) is 9.27. The minimum Gasteiger partial charge on any atom is -0.497 e. The molecule has 0 atom stereocenters. The van der Waals surface area contributed by atoms with Gasteiger partial charge in [0.15, 0.2) is 5.82 Å². The molecule has 0 aliphatic carbocycles. The van der Waals surface area contributed by atoms with Gasteiger partial charge in [-0.25, -0.2) is 4.68 Å². The SMILES string of the molecule is COc1cccc(-c2cc(C(=O)Nc3nc(C4CCNCC4)nn3C)[nH]n2)c1. The van der Waals surface area contributed by atoms with Crippen LogP contribution in [0.1, 0.15) is 35.1 Å². The quantitative estimate of drug-likeness (QED) is 0.623. The number of ether oxygens (including phenoxy) is 1. The Balaban J connectivity index is 1.48. The van der Waals surface area contributed by atoms with E-state index in [0.29, 0.717) is 23.3 Å². The lowest BCUT2D eigenvalue weighted by Crippen LogP contribution is -2.27. The summed E-state index contributed by atoms with van der Waals surface area (Å²) in [4.78, 5) is 17.1. The fraction of sp³-hybridized carbons (Fsp3) is 0.368. The number of aryl methyl sites for hydroxylation is 1. The number of rotatable bonds is 5. The summed E-state index contributed by atoms with van der Waals surface area (Å²) in [6.07, 6.45) is 2.00. The first-order valence-electron chi connectivity index (χ1n) is 9.27. The van der Waals surface area contributed by atoms with E-state index in [-0.39, 0.29) is 5.91 Å². The normalized spacial score (nSPS) is 14.8. The van der Waals surface area contributed by atoms with Crippen LogP contribution in [0, 0.1) is 0 Å². The molecule has 28 heavy (non-hydrogen) atoms. The number of hydrogen-bond donors (Lipinski definition) is 3. The van der Waals surface area contributed by atoms with Crippen molar-refractivity contribution in [2.45, 2.75) is 18.8 Å². The van der Waals surface area contributed by atoms with Gasteiger partial charge in [0.05, 0.1) is 12.8 Å². The molecule has 2 aromatic heterocycles. The molecule has 1 amide bonds. The number of methoxy groups -OCH3 is 1. The van der Waals surface area contributed by atoms with Crippen LogP contribution < -0.4 is 15.4 Å². The summed E-state index contributed by atoms with van der Waals surface area (Å²) in [5.74, 6) is 1.95. The minimum absolute atomic E-state index is 0.311. The lowest BCUT2D eigenvalue weighted by Gasteiger charge is -2.19. The molecule has 0 spiro atoms. The van der Waals surface area contributed by atoms with Gasteiger partial charge in [-0.3, -0.25) is 15.2 Å². The van der Waals surface area contributed by atoms with Gasteiger partial charge < -0.3 is 10.1 Å². The molecule has 9 heteroatoms. The van der Waals surface area contributed by atoms with E-state index in [9.17, 15) is 4.79 Å². The van der Waals surface area contributed by atoms with Crippen molar-refractivity contribution in [1.82, 2.24) is 30.3 Å². The van der Waals surface area contributed by atoms with Crippen molar-refractivity contribution in [3.8, 4) is 17.0 Å². The molecule has 4 rings (SSSR count). The molecule has 0 unspecified atom stereocenters. The number of aromatic nitrogens is 5. The summed E-state index contributed by atoms with van der Waals surface area (Å²) in [7, 11) is 3.39. The molecule has 3 aromatic rings. The third-order valence-corrected chi connectivity index (χ3v) is 4.90. The Morgan fingerprint density at radius 2 is 2.11 bits per heavy atom. The zero-order valence-corrected chi connectivity index (χ0v) is 15.9. The fourth-order valence-corrected chi connectivity index (χ4v) is 3.30. The number of aromatic amines is 1. The smallest absolute Gasteiger partial charge is 0.276 e. The number of amides is 1. The lowest BCUT2D eigenvalue weighted by molar-refractivity contribution is 0.102. The minimum atomic E-state index is -0.311. The molecule has 3 N–H and O–H groups in total. The second-order valence-electron chi connectivity index (χ2n) is 6.79. The summed E-state index contributed by atoms with van der Waals surface area (Å²) in [6.45, 7) is 1.93. The number of nitrogens with one attached hydrogen (secondary N) is 3. The van der Waals surface area contributed by atoms with Crippen LogP contribution in [0.15, 0.2) is 30.3 Å². The van der Waals surface area contributed by atoms with Gasteiger partial charge in [-0.2, -0.15) is 15.2 Å². The van der Waals surface area contributed by atoms with Crippen LogP contribution in [-0.2, 0) is 7.05 Å². The van der Waals surface area contributed by atoms with E-state index < -0.39 is 0 Å². The highest BCUT2D eigenvalue weighted by atomic mass is 16.5. The van der Waals surface area contributed by atoms with Gasteiger partial charge in [-0.1, -0.05) is 12.1 Å². The van der Waals surface area contributed by atoms with Gasteiger partial charge in [-0.05, 0) is 44.1 Å². The number of carbonyl (C=O) groups is 1. The van der Waals surface area contributed by atoms with Crippen molar-refractivity contribution >= 4 is 11.9 Å². The topological polar surface area (TPSA) is 110 Å². The monoisotopic (exact) mass is 381 g/mol. The van der Waals surface area contributed by atoms with Crippen LogP contribution in [0.2, 0.25) is 0 Å². The molecule has 1 saturated heterocycles. The van der Waals surface area contributed by atoms with Crippen molar-refractivity contribution in [1.29, 1.82) is 0 Å². The molecule has 0 bridgehead atoms. The van der Waals surface area contributed by atoms with E-state index in [1.165, 1.54) is 0 Å². The average Bonchev–Trinajstić information content (AvgIpc) is 3.36. The first kappa shape index (κ1) is 18.2. The Bertz CT molecular complexity index is 972. The van der Waals surface area contributed by atoms with Gasteiger partial charge in [0, 0.05) is 18.5 Å². The molecular weight excluding hydrogens is 358 g/mol. The van der Waals surface area contributed by atoms with Crippen LogP contribution in [0.25, 0.3) is 11.3 Å². The number of anilines is 1. The van der Waals surface area contributed by atoms with Gasteiger partial charge >= 0.3 is 0 Å². The van der Waals surface area contributed by atoms with Crippen LogP contribution >= 0.6 is 0 Å². The zero-order valence-electron chi connectivity index (χ0n) is 15.9. The van der Waals surface area contributed by atoms with Crippen LogP contribution in [0.4, 0.5) is 5.95 Å². The highest BCUT2D eigenvalue weighted by molar-refractivity contribution is 6.02. The summed E-state index contributed by atoms with van der Waals surface area (Å²) < 4.78 is 6.84. The maximum Gasteiger partial charge on any atom is 0.276 e. The second kappa shape index (κ2) is 7.81. The van der Waals surface area contributed by atoms with E-state index in [1.54, 1.807) is 24.9 Å². The number of benzene rings is 1. The van der Waals surface area contributed by atoms with Crippen molar-refractivity contribution < 1.29 is 9.53 Å². The molecule has 0 radical (unpaired) electrons. The van der Waals surface area contributed by atoms with E-state index in [1.807, 2.05) is 24.3 Å². The van der Waals surface area contributed by atoms with Crippen molar-refractivity contribution in [3.05, 3.63) is 41.9 Å². The number of hydrogen-bond acceptors (Lipinski definition) is 6. The summed E-state index contributed by atoms with van der Waals surface area (Å²) >= 11 is 0. The molecule has 146 valence electrons. The Morgan fingerprint density at radius 1 is 1.29 bits per heavy atom. The molecule has 1 aliphatic heterocycles. The van der Waals surface area contributed by atoms with Crippen molar-refractivity contribution in [2.75, 3.05) is 25.5 Å². The van der Waals surface area contributed by atoms with E-state index in [0.717, 1.165) is 43.1 Å². The van der Waals surface area contributed by atoms with Gasteiger partial charge in [0.2, 0.25) is 5.95 Å². The van der Waals surface area contributed by atoms with E-state index in [2.05, 4.69) is 30.9 Å². The highest BCUT2D eigenvalue weighted by Crippen LogP contribution is 2.24. The molecule has 9 nitrogen and oxygen atoms in total. The van der Waals surface area contributed by atoms with E-state index >= 15 is 0 Å². The maximum absolute atomic E-state index is 12.6. The molecule has 3 heterocycles. The number of H-pyrrole nitrogens is 1. The first-order chi connectivity index (χ1) is 13.6. The zero-order chi connectivity index (χ0) is 19.5. The number of nitrogens with zero attached hydrogens (tertiary/aromatic N) is 4. The molecule has 0 saturated carbocycles. The maximum atomic E-state index is 12.6. The number of carbonyl (C=O) groups excluding carboxylic acids is 1. The third-order valence-electron chi connectivity index (χ3n) is 4.90. The highest BCUT2D eigenvalue weighted by Gasteiger charge is 2.22. The number of piperidine rings is 1. The van der Waals surface area contributed by atoms with Crippen molar-refractivity contribution in [2.24, 2.45) is 7.05 Å². The summed E-state index contributed by atoms with van der Waals surface area (Å²) in [5, 5.41) is 17.6. The molecule has 1 aromatic carbocycles. The van der Waals surface area contributed by atoms with Crippen molar-refractivity contribution in [3.63, 3.8) is 0 Å². The predicted octanol–water partition coefficient (Wildman–Crippen LogP) is 1.93. The summed E-state index contributed by atoms with van der Waals surface area (Å²) in [6, 6.07) is 9.22. The lowest BCUT2D eigenvalue weighted by atomic mass is 9.98. The standard InChI is InChI=1S/C19H23N7O2/c1-26-19(21-17(25-26)12-6-8-20-9-7-12)22-18(27)16-11-15(23-24-16)13-4-3-5-14(10-13)28-2/h3-5,10-12,20H,6-9H2,1-2H3,(H,23,24)(H,21,22,25,27). The van der Waals surface area contributed by atoms with Gasteiger partial charge in [-0.15, -0.1) is 0 Å². The average molecular weight is 381 g/mol. The Kier molecular flexibility index (Phi) is 5.07. The Hall–Kier alpha value is -3.20. The Labute approximate surface area is 162 Å². The second-order valence-corrected chi connectivity index (χ2v) is 6.79. The fourth-order valence-electron chi connectivity index (χ4n) is 3.30. The van der Waals surface area contributed by atoms with E-state index in [4.69, 9.17) is 4.74 Å². The molecule has 1 fully saturated rings. The third kappa shape index (κ3) is 3.74. The van der Waals surface area contributed by atoms with Crippen LogP contribution in [0.3, 0.4) is 0 Å². The van der Waals surface area contributed by atoms with Crippen LogP contribution in [-0.4, -0.2) is 51.1 Å². The molecule has 1 aliphatic rings. The molecular formula is C19H23N7O2. The van der Waals surface area contributed by atoms with Gasteiger partial charge in [0.1, 0.15) is 11.4 Å². The van der Waals surface area contributed by atoms with Crippen LogP contribution in [0.5, 0.6) is 5.75 Å². The van der Waals surface area contributed by atoms with Gasteiger partial charge in [0.25, 0.3) is 5.91 Å².